The van der Waals surface area contributed by atoms with Crippen molar-refractivity contribution in [3.8, 4) is 0 Å². The molecule has 2 fully saturated rings. The summed E-state index contributed by atoms with van der Waals surface area (Å²) >= 11 is 0. The van der Waals surface area contributed by atoms with Crippen LogP contribution in [0.2, 0.25) is 0 Å². The number of hydrogen-bond acceptors (Lipinski definition) is 3. The second-order valence-corrected chi connectivity index (χ2v) is 4.54. The van der Waals surface area contributed by atoms with E-state index in [1.165, 1.54) is 0 Å². The Kier molecular flexibility index (Phi) is 2.24. The van der Waals surface area contributed by atoms with Crippen molar-refractivity contribution in [1.29, 1.82) is 0 Å². The minimum absolute atomic E-state index is 0.289. The molecule has 0 spiro atoms. The smallest absolute Gasteiger partial charge is 0.179 e. The first-order valence-corrected chi connectivity index (χ1v) is 5.73. The molecule has 3 nitrogen and oxygen atoms in total. The molecule has 1 unspecified atom stereocenters. The Morgan fingerprint density at radius 3 is 3.25 bits per heavy atom. The molecule has 82 valence electrons. The van der Waals surface area contributed by atoms with Crippen LogP contribution < -0.4 is 0 Å². The van der Waals surface area contributed by atoms with Crippen molar-refractivity contribution in [1.82, 2.24) is 9.88 Å². The third-order valence-corrected chi connectivity index (χ3v) is 3.37. The molecule has 2 aliphatic rings. The summed E-state index contributed by atoms with van der Waals surface area (Å²) in [5.74, 6) is 0.885. The van der Waals surface area contributed by atoms with Gasteiger partial charge in [0, 0.05) is 31.9 Å². The maximum absolute atomic E-state index is 11.9. The average Bonchev–Trinajstić information content (AvgIpc) is 2.70. The lowest BCUT2D eigenvalue weighted by atomic mass is 9.97. The van der Waals surface area contributed by atoms with Crippen molar-refractivity contribution in [2.24, 2.45) is 5.92 Å². The minimum atomic E-state index is 0.289. The van der Waals surface area contributed by atoms with Gasteiger partial charge >= 0.3 is 0 Å². The van der Waals surface area contributed by atoms with Gasteiger partial charge in [0.05, 0.1) is 5.70 Å². The maximum Gasteiger partial charge on any atom is 0.179 e. The second-order valence-electron chi connectivity index (χ2n) is 4.54. The van der Waals surface area contributed by atoms with E-state index in [9.17, 15) is 4.79 Å². The molecule has 3 rings (SSSR count). The number of rotatable bonds is 1. The van der Waals surface area contributed by atoms with Crippen LogP contribution in [-0.4, -0.2) is 28.8 Å². The van der Waals surface area contributed by atoms with Crippen LogP contribution in [0.15, 0.2) is 30.2 Å². The number of allylic oxidation sites excluding steroid dienone is 1. The Labute approximate surface area is 94.8 Å². The molecule has 1 atom stereocenters. The number of nitrogens with zero attached hydrogens (tertiary/aromatic N) is 2. The molecule has 1 aromatic heterocycles. The van der Waals surface area contributed by atoms with E-state index in [1.807, 2.05) is 18.2 Å². The molecule has 0 N–H and O–H groups in total. The van der Waals surface area contributed by atoms with Crippen LogP contribution in [-0.2, 0) is 4.79 Å². The summed E-state index contributed by atoms with van der Waals surface area (Å²) < 4.78 is 0. The van der Waals surface area contributed by atoms with E-state index < -0.39 is 0 Å². The predicted molar refractivity (Wildman–Crippen MR) is 61.5 cm³/mol. The Morgan fingerprint density at radius 2 is 2.44 bits per heavy atom. The van der Waals surface area contributed by atoms with Crippen LogP contribution in [0.3, 0.4) is 0 Å². The average molecular weight is 214 g/mol. The Morgan fingerprint density at radius 1 is 1.50 bits per heavy atom. The van der Waals surface area contributed by atoms with Crippen molar-refractivity contribution >= 4 is 11.9 Å². The summed E-state index contributed by atoms with van der Waals surface area (Å²) in [7, 11) is 0. The van der Waals surface area contributed by atoms with E-state index in [1.54, 1.807) is 12.4 Å². The van der Waals surface area contributed by atoms with Crippen LogP contribution in [0.4, 0.5) is 0 Å². The zero-order chi connectivity index (χ0) is 11.0. The number of aromatic nitrogens is 1. The van der Waals surface area contributed by atoms with E-state index in [2.05, 4.69) is 9.88 Å². The van der Waals surface area contributed by atoms with Gasteiger partial charge in [-0.3, -0.25) is 9.78 Å². The van der Waals surface area contributed by atoms with Crippen LogP contribution in [0, 0.1) is 5.92 Å². The molecule has 2 aliphatic heterocycles. The Bertz CT molecular complexity index is 439. The Hall–Kier alpha value is -1.64. The lowest BCUT2D eigenvalue weighted by Gasteiger charge is -2.26. The van der Waals surface area contributed by atoms with Crippen LogP contribution in [0.1, 0.15) is 18.4 Å². The van der Waals surface area contributed by atoms with Crippen molar-refractivity contribution in [3.05, 3.63) is 35.8 Å². The number of fused-ring (bicyclic) bond motifs is 2. The van der Waals surface area contributed by atoms with Gasteiger partial charge in [0.15, 0.2) is 5.78 Å². The van der Waals surface area contributed by atoms with Crippen molar-refractivity contribution in [2.45, 2.75) is 12.8 Å². The van der Waals surface area contributed by atoms with Gasteiger partial charge < -0.3 is 4.90 Å². The molecule has 2 bridgehead atoms. The summed E-state index contributed by atoms with van der Waals surface area (Å²) in [5, 5.41) is 0. The van der Waals surface area contributed by atoms with E-state index in [0.29, 0.717) is 5.92 Å². The zero-order valence-electron chi connectivity index (χ0n) is 9.10. The summed E-state index contributed by atoms with van der Waals surface area (Å²) in [6.07, 6.45) is 7.40. The number of hydrogen-bond donors (Lipinski definition) is 0. The third kappa shape index (κ3) is 1.62. The molecule has 1 aromatic rings. The molecular weight excluding hydrogens is 200 g/mol. The second kappa shape index (κ2) is 3.74. The van der Waals surface area contributed by atoms with Crippen molar-refractivity contribution < 1.29 is 4.79 Å². The third-order valence-electron chi connectivity index (χ3n) is 3.37. The van der Waals surface area contributed by atoms with Gasteiger partial charge in [-0.05, 0) is 30.0 Å². The summed E-state index contributed by atoms with van der Waals surface area (Å²) in [6.45, 7) is 2.08. The highest BCUT2D eigenvalue weighted by atomic mass is 16.1. The molecule has 0 saturated carbocycles. The zero-order valence-corrected chi connectivity index (χ0v) is 9.10. The van der Waals surface area contributed by atoms with E-state index in [-0.39, 0.29) is 5.78 Å². The maximum atomic E-state index is 11.9. The minimum Gasteiger partial charge on any atom is -0.368 e. The fourth-order valence-electron chi connectivity index (χ4n) is 2.55. The van der Waals surface area contributed by atoms with Gasteiger partial charge in [0.25, 0.3) is 0 Å². The van der Waals surface area contributed by atoms with Gasteiger partial charge in [-0.1, -0.05) is 6.07 Å². The van der Waals surface area contributed by atoms with Crippen molar-refractivity contribution in [2.75, 3.05) is 13.1 Å². The molecule has 0 aliphatic carbocycles. The highest BCUT2D eigenvalue weighted by Gasteiger charge is 2.34. The first-order valence-electron chi connectivity index (χ1n) is 5.73. The topological polar surface area (TPSA) is 33.2 Å². The van der Waals surface area contributed by atoms with Crippen molar-refractivity contribution in [3.63, 3.8) is 0 Å². The van der Waals surface area contributed by atoms with Gasteiger partial charge in [-0.2, -0.15) is 0 Å². The molecule has 0 amide bonds. The van der Waals surface area contributed by atoms with Gasteiger partial charge in [0.2, 0.25) is 0 Å². The number of ketones is 1. The Balaban J connectivity index is 1.93. The standard InChI is InChI=1S/C13H14N2O/c16-13-7-11-3-5-15(9-11)12(13)6-10-2-1-4-14-8-10/h1-2,4,6,8,11H,3,5,7,9H2/b12-6-. The first kappa shape index (κ1) is 9.58. The van der Waals surface area contributed by atoms with E-state index in [0.717, 1.165) is 37.2 Å². The monoisotopic (exact) mass is 214 g/mol. The fraction of sp³-hybridized carbons (Fsp3) is 0.385. The summed E-state index contributed by atoms with van der Waals surface area (Å²) in [4.78, 5) is 18.2. The van der Waals surface area contributed by atoms with E-state index >= 15 is 0 Å². The first-order chi connectivity index (χ1) is 7.83. The summed E-state index contributed by atoms with van der Waals surface area (Å²) in [6, 6.07) is 3.88. The van der Waals surface area contributed by atoms with Crippen LogP contribution in [0.25, 0.3) is 6.08 Å². The normalized spacial score (nSPS) is 26.5. The highest BCUT2D eigenvalue weighted by Crippen LogP contribution is 2.31. The SMILES string of the molecule is O=C1CC2CCN(C2)/C1=C\c1cccnc1. The number of pyridine rings is 1. The van der Waals surface area contributed by atoms with Crippen LogP contribution >= 0.6 is 0 Å². The molecule has 16 heavy (non-hydrogen) atoms. The molecule has 2 saturated heterocycles. The number of carbonyl (C=O) groups is 1. The van der Waals surface area contributed by atoms with E-state index in [4.69, 9.17) is 0 Å². The molecule has 0 aromatic carbocycles. The number of piperidine rings is 1. The lowest BCUT2D eigenvalue weighted by molar-refractivity contribution is -0.118. The quantitative estimate of drug-likeness (QED) is 0.667. The molecular formula is C13H14N2O. The summed E-state index contributed by atoms with van der Waals surface area (Å²) in [5.41, 5.74) is 1.89. The van der Waals surface area contributed by atoms with Crippen LogP contribution in [0.5, 0.6) is 0 Å². The molecule has 3 heteroatoms. The predicted octanol–water partition coefficient (Wildman–Crippen LogP) is 1.72. The van der Waals surface area contributed by atoms with Gasteiger partial charge in [-0.15, -0.1) is 0 Å². The molecule has 0 radical (unpaired) electrons. The number of Topliss-reactive ketones (excluding diaryl/α,β-unsaturated/α-hetero) is 1. The lowest BCUT2D eigenvalue weighted by Crippen LogP contribution is -2.31. The highest BCUT2D eigenvalue weighted by molar-refractivity contribution is 6.00. The number of carbonyl (C=O) groups excluding carboxylic acids is 1. The molecule has 3 heterocycles. The largest absolute Gasteiger partial charge is 0.368 e. The van der Waals surface area contributed by atoms with Gasteiger partial charge in [-0.25, -0.2) is 0 Å². The van der Waals surface area contributed by atoms with Gasteiger partial charge in [0.1, 0.15) is 0 Å². The fourth-order valence-corrected chi connectivity index (χ4v) is 2.55.